The van der Waals surface area contributed by atoms with Gasteiger partial charge in [-0.2, -0.15) is 0 Å². The van der Waals surface area contributed by atoms with E-state index in [-0.39, 0.29) is 40.2 Å². The fourth-order valence-electron chi connectivity index (χ4n) is 3.75. The molecule has 6 nitrogen and oxygen atoms in total. The van der Waals surface area contributed by atoms with Crippen LogP contribution in [-0.2, 0) is 4.74 Å². The van der Waals surface area contributed by atoms with Crippen molar-refractivity contribution in [2.45, 2.75) is 36.7 Å². The summed E-state index contributed by atoms with van der Waals surface area (Å²) < 4.78 is 36.7. The molecule has 2 aromatic rings. The van der Waals surface area contributed by atoms with E-state index in [1.165, 1.54) is 11.8 Å². The Morgan fingerprint density at radius 1 is 1.44 bits per heavy atom. The molecule has 144 valence electrons. The maximum absolute atomic E-state index is 15.4. The smallest absolute Gasteiger partial charge is 0.344 e. The number of nitrogens with two attached hydrogens (primary N) is 1. The van der Waals surface area contributed by atoms with E-state index < -0.39 is 23.0 Å². The standard InChI is InChI=1S/C18H19F2N3O3S/c1-3-26-18(25)12-16(24)10-6-11(19)15(22-5-4-9(21)7-22)13(20)14(10)23-8(2)27-17(12)23/h6,8-9H,3-5,7,21H2,1-2H3/t8?,9-/m0/s1. The largest absolute Gasteiger partial charge is 0.462 e. The number of rotatable bonds is 3. The zero-order valence-corrected chi connectivity index (χ0v) is 15.7. The lowest BCUT2D eigenvalue weighted by Crippen LogP contribution is -2.31. The van der Waals surface area contributed by atoms with Gasteiger partial charge in [0, 0.05) is 19.1 Å². The molecule has 27 heavy (non-hydrogen) atoms. The maximum atomic E-state index is 15.4. The van der Waals surface area contributed by atoms with Crippen LogP contribution in [0.4, 0.5) is 14.5 Å². The summed E-state index contributed by atoms with van der Waals surface area (Å²) in [6.07, 6.45) is 0.642. The second kappa shape index (κ2) is 6.49. The zero-order chi connectivity index (χ0) is 19.5. The highest BCUT2D eigenvalue weighted by Crippen LogP contribution is 2.47. The lowest BCUT2D eigenvalue weighted by Gasteiger charge is -2.33. The van der Waals surface area contributed by atoms with Gasteiger partial charge in [0.15, 0.2) is 5.82 Å². The van der Waals surface area contributed by atoms with Gasteiger partial charge in [-0.1, -0.05) is 11.8 Å². The number of carbonyl (C=O) groups excluding carboxylic acids is 1. The molecule has 3 heterocycles. The Kier molecular flexibility index (Phi) is 4.38. The minimum absolute atomic E-state index is 0.0196. The van der Waals surface area contributed by atoms with E-state index >= 15 is 4.39 Å². The SMILES string of the molecule is CCOC(=O)c1c2n(c3c(F)c(N4CC[C@H](N)C4)c(F)cc3c1=O)C(C)S2. The van der Waals surface area contributed by atoms with Crippen LogP contribution in [0.1, 0.15) is 36.0 Å². The summed E-state index contributed by atoms with van der Waals surface area (Å²) in [6.45, 7) is 4.35. The Morgan fingerprint density at radius 3 is 2.78 bits per heavy atom. The molecule has 2 aliphatic rings. The summed E-state index contributed by atoms with van der Waals surface area (Å²) in [5.41, 5.74) is 4.85. The molecule has 2 aliphatic heterocycles. The van der Waals surface area contributed by atoms with Crippen molar-refractivity contribution in [3.05, 3.63) is 33.5 Å². The van der Waals surface area contributed by atoms with Gasteiger partial charge in [-0.15, -0.1) is 0 Å². The molecule has 0 amide bonds. The molecule has 1 aromatic heterocycles. The van der Waals surface area contributed by atoms with E-state index in [9.17, 15) is 14.0 Å². The highest BCUT2D eigenvalue weighted by molar-refractivity contribution is 8.00. The van der Waals surface area contributed by atoms with E-state index in [1.807, 2.05) is 6.92 Å². The third-order valence-electron chi connectivity index (χ3n) is 4.98. The quantitative estimate of drug-likeness (QED) is 0.805. The Balaban J connectivity index is 2.01. The summed E-state index contributed by atoms with van der Waals surface area (Å²) >= 11 is 1.28. The fourth-order valence-corrected chi connectivity index (χ4v) is 4.89. The number of hydrogen-bond donors (Lipinski definition) is 1. The van der Waals surface area contributed by atoms with Crippen LogP contribution in [0.3, 0.4) is 0 Å². The molecule has 4 rings (SSSR count). The Labute approximate surface area is 158 Å². The number of aromatic nitrogens is 1. The molecule has 0 radical (unpaired) electrons. The minimum atomic E-state index is -0.832. The van der Waals surface area contributed by atoms with E-state index in [2.05, 4.69) is 0 Å². The van der Waals surface area contributed by atoms with Crippen molar-refractivity contribution in [3.8, 4) is 0 Å². The van der Waals surface area contributed by atoms with Crippen LogP contribution in [-0.4, -0.2) is 36.3 Å². The molecule has 1 fully saturated rings. The van der Waals surface area contributed by atoms with Crippen LogP contribution < -0.4 is 16.1 Å². The Morgan fingerprint density at radius 2 is 2.19 bits per heavy atom. The topological polar surface area (TPSA) is 77.6 Å². The van der Waals surface area contributed by atoms with Crippen molar-refractivity contribution in [2.75, 3.05) is 24.6 Å². The van der Waals surface area contributed by atoms with Gasteiger partial charge in [0.25, 0.3) is 0 Å². The number of halogens is 2. The molecule has 1 unspecified atom stereocenters. The second-order valence-electron chi connectivity index (χ2n) is 6.73. The van der Waals surface area contributed by atoms with Gasteiger partial charge in [0.05, 0.1) is 27.9 Å². The van der Waals surface area contributed by atoms with Crippen molar-refractivity contribution in [2.24, 2.45) is 5.73 Å². The van der Waals surface area contributed by atoms with Crippen LogP contribution >= 0.6 is 11.8 Å². The van der Waals surface area contributed by atoms with Crippen LogP contribution in [0, 0.1) is 11.6 Å². The first kappa shape index (κ1) is 18.2. The van der Waals surface area contributed by atoms with E-state index in [1.54, 1.807) is 16.4 Å². The number of esters is 1. The van der Waals surface area contributed by atoms with Gasteiger partial charge in [0.1, 0.15) is 17.1 Å². The summed E-state index contributed by atoms with van der Waals surface area (Å²) in [7, 11) is 0. The van der Waals surface area contributed by atoms with E-state index in [0.717, 1.165) is 6.07 Å². The normalized spacial score (nSPS) is 21.3. The molecule has 1 aromatic carbocycles. The number of carbonyl (C=O) groups is 1. The van der Waals surface area contributed by atoms with Crippen molar-refractivity contribution in [3.63, 3.8) is 0 Å². The molecule has 1 saturated heterocycles. The van der Waals surface area contributed by atoms with E-state index in [4.69, 9.17) is 10.5 Å². The molecular formula is C18H19F2N3O3S. The van der Waals surface area contributed by atoms with Crippen LogP contribution in [0.15, 0.2) is 15.9 Å². The number of ether oxygens (including phenoxy) is 1. The summed E-state index contributed by atoms with van der Waals surface area (Å²) in [4.78, 5) is 26.7. The fraction of sp³-hybridized carbons (Fsp3) is 0.444. The lowest BCUT2D eigenvalue weighted by atomic mass is 10.1. The van der Waals surface area contributed by atoms with Crippen LogP contribution in [0.25, 0.3) is 10.9 Å². The van der Waals surface area contributed by atoms with Gasteiger partial charge in [-0.3, -0.25) is 4.79 Å². The monoisotopic (exact) mass is 395 g/mol. The predicted octanol–water partition coefficient (Wildman–Crippen LogP) is 2.62. The highest BCUT2D eigenvalue weighted by atomic mass is 32.2. The highest BCUT2D eigenvalue weighted by Gasteiger charge is 2.36. The first-order chi connectivity index (χ1) is 12.8. The summed E-state index contributed by atoms with van der Waals surface area (Å²) in [5, 5.41) is 0.00847. The Hall–Kier alpha value is -2.13. The zero-order valence-electron chi connectivity index (χ0n) is 14.9. The number of thioether (sulfide) groups is 1. The first-order valence-corrected chi connectivity index (χ1v) is 9.67. The van der Waals surface area contributed by atoms with Crippen LogP contribution in [0.2, 0.25) is 0 Å². The number of hydrogen-bond acceptors (Lipinski definition) is 6. The van der Waals surface area contributed by atoms with Gasteiger partial charge in [-0.25, -0.2) is 13.6 Å². The number of nitrogens with zero attached hydrogens (tertiary/aromatic N) is 2. The maximum Gasteiger partial charge on any atom is 0.344 e. The summed E-state index contributed by atoms with van der Waals surface area (Å²) in [5.74, 6) is -2.40. The predicted molar refractivity (Wildman–Crippen MR) is 99.5 cm³/mol. The van der Waals surface area contributed by atoms with Crippen molar-refractivity contribution >= 4 is 34.3 Å². The minimum Gasteiger partial charge on any atom is -0.462 e. The molecule has 2 atom stereocenters. The molecule has 9 heteroatoms. The van der Waals surface area contributed by atoms with Gasteiger partial charge in [-0.05, 0) is 26.3 Å². The first-order valence-electron chi connectivity index (χ1n) is 8.79. The molecule has 0 bridgehead atoms. The third kappa shape index (κ3) is 2.63. The number of pyridine rings is 1. The van der Waals surface area contributed by atoms with Crippen LogP contribution in [0.5, 0.6) is 0 Å². The number of anilines is 1. The second-order valence-corrected chi connectivity index (χ2v) is 8.03. The Bertz CT molecular complexity index is 1020. The average Bonchev–Trinajstić information content (AvgIpc) is 3.02. The average molecular weight is 395 g/mol. The van der Waals surface area contributed by atoms with Gasteiger partial charge >= 0.3 is 5.97 Å². The number of benzene rings is 1. The molecule has 0 saturated carbocycles. The molecule has 2 N–H and O–H groups in total. The van der Waals surface area contributed by atoms with Crippen molar-refractivity contribution in [1.82, 2.24) is 4.57 Å². The third-order valence-corrected chi connectivity index (χ3v) is 6.16. The van der Waals surface area contributed by atoms with Gasteiger partial charge in [0.2, 0.25) is 5.43 Å². The van der Waals surface area contributed by atoms with Crippen molar-refractivity contribution < 1.29 is 18.3 Å². The van der Waals surface area contributed by atoms with Crippen molar-refractivity contribution in [1.29, 1.82) is 0 Å². The molecule has 0 aliphatic carbocycles. The van der Waals surface area contributed by atoms with Gasteiger partial charge < -0.3 is 19.9 Å². The molecule has 0 spiro atoms. The molecular weight excluding hydrogens is 376 g/mol. The lowest BCUT2D eigenvalue weighted by molar-refractivity contribution is 0.0518. The summed E-state index contributed by atoms with van der Waals surface area (Å²) in [6, 6.07) is 0.872. The number of fused-ring (bicyclic) bond motifs is 3. The van der Waals surface area contributed by atoms with E-state index in [0.29, 0.717) is 24.5 Å².